The summed E-state index contributed by atoms with van der Waals surface area (Å²) in [5, 5.41) is 2.66. The zero-order chi connectivity index (χ0) is 17.4. The van der Waals surface area contributed by atoms with E-state index < -0.39 is 11.9 Å². The molecule has 0 aliphatic carbocycles. The van der Waals surface area contributed by atoms with Gasteiger partial charge in [-0.25, -0.2) is 4.79 Å². The smallest absolute Gasteiger partial charge is 0.331 e. The number of ether oxygens (including phenoxy) is 2. The lowest BCUT2D eigenvalue weighted by Crippen LogP contribution is -2.20. The van der Waals surface area contributed by atoms with Gasteiger partial charge in [0.25, 0.3) is 5.91 Å². The number of esters is 1. The summed E-state index contributed by atoms with van der Waals surface area (Å²) in [5.74, 6) is -0.432. The Morgan fingerprint density at radius 1 is 1.25 bits per heavy atom. The summed E-state index contributed by atoms with van der Waals surface area (Å²) < 4.78 is 11.3. The van der Waals surface area contributed by atoms with Gasteiger partial charge in [-0.05, 0) is 53.2 Å². The molecule has 0 unspecified atom stereocenters. The Hall–Kier alpha value is -2.12. The van der Waals surface area contributed by atoms with E-state index in [2.05, 4.69) is 21.2 Å². The van der Waals surface area contributed by atoms with Crippen LogP contribution in [0.1, 0.15) is 11.8 Å². The summed E-state index contributed by atoms with van der Waals surface area (Å²) in [6.07, 6.45) is 2.93. The summed E-state index contributed by atoms with van der Waals surface area (Å²) in [6.45, 7) is 1.99. The highest BCUT2D eigenvalue weighted by atomic mass is 79.9. The minimum atomic E-state index is -0.576. The molecule has 1 N–H and O–H groups in total. The third-order valence-electron chi connectivity index (χ3n) is 2.78. The Kier molecular flexibility index (Phi) is 7.02. The molecule has 0 aliphatic rings. The van der Waals surface area contributed by atoms with Crippen LogP contribution in [0.2, 0.25) is 0 Å². The van der Waals surface area contributed by atoms with Gasteiger partial charge >= 0.3 is 5.97 Å². The molecule has 2 rings (SSSR count). The Balaban J connectivity index is 1.82. The van der Waals surface area contributed by atoms with Crippen LogP contribution in [0.15, 0.2) is 46.3 Å². The standard InChI is InChI=1S/C17H16BrNO4S/c1-2-22-14-6-4-3-5-13(14)19-16(20)11-23-17(21)10-8-12-7-9-15(18)24-12/h3-10H,2,11H2,1H3,(H,19,20)/b10-8+. The van der Waals surface area contributed by atoms with Crippen molar-refractivity contribution in [2.75, 3.05) is 18.5 Å². The van der Waals surface area contributed by atoms with Crippen molar-refractivity contribution in [1.82, 2.24) is 0 Å². The highest BCUT2D eigenvalue weighted by Crippen LogP contribution is 2.24. The van der Waals surface area contributed by atoms with Crippen LogP contribution < -0.4 is 10.1 Å². The maximum Gasteiger partial charge on any atom is 0.331 e. The fourth-order valence-electron chi connectivity index (χ4n) is 1.79. The fraction of sp³-hybridized carbons (Fsp3) is 0.176. The van der Waals surface area contributed by atoms with Gasteiger partial charge in [-0.1, -0.05) is 12.1 Å². The van der Waals surface area contributed by atoms with Crippen LogP contribution in [0.3, 0.4) is 0 Å². The van der Waals surface area contributed by atoms with E-state index in [4.69, 9.17) is 9.47 Å². The first-order chi connectivity index (χ1) is 11.6. The molecule has 0 bridgehead atoms. The van der Waals surface area contributed by atoms with Crippen LogP contribution in [0.25, 0.3) is 6.08 Å². The first kappa shape index (κ1) is 18.2. The molecule has 0 radical (unpaired) electrons. The quantitative estimate of drug-likeness (QED) is 0.551. The highest BCUT2D eigenvalue weighted by molar-refractivity contribution is 9.11. The minimum absolute atomic E-state index is 0.363. The van der Waals surface area contributed by atoms with Gasteiger partial charge in [-0.3, -0.25) is 4.79 Å². The van der Waals surface area contributed by atoms with Crippen LogP contribution in [0.4, 0.5) is 5.69 Å². The molecule has 1 aromatic heterocycles. The second-order valence-corrected chi connectivity index (χ2v) is 7.05. The third-order valence-corrected chi connectivity index (χ3v) is 4.37. The van der Waals surface area contributed by atoms with Crippen molar-refractivity contribution < 1.29 is 19.1 Å². The molecule has 0 atom stereocenters. The molecule has 1 heterocycles. The Morgan fingerprint density at radius 3 is 2.75 bits per heavy atom. The number of amides is 1. The Bertz CT molecular complexity index is 742. The van der Waals surface area contributed by atoms with Crippen molar-refractivity contribution >= 4 is 50.9 Å². The molecule has 0 aliphatic heterocycles. The van der Waals surface area contributed by atoms with E-state index >= 15 is 0 Å². The molecule has 2 aromatic rings. The lowest BCUT2D eigenvalue weighted by molar-refractivity contribution is -0.142. The Morgan fingerprint density at radius 2 is 2.04 bits per heavy atom. The molecule has 5 nitrogen and oxygen atoms in total. The normalized spacial score (nSPS) is 10.6. The predicted molar refractivity (Wildman–Crippen MR) is 98.3 cm³/mol. The van der Waals surface area contributed by atoms with E-state index in [1.807, 2.05) is 25.1 Å². The molecule has 7 heteroatoms. The maximum absolute atomic E-state index is 11.9. The zero-order valence-electron chi connectivity index (χ0n) is 13.0. The maximum atomic E-state index is 11.9. The summed E-state index contributed by atoms with van der Waals surface area (Å²) in [5.41, 5.74) is 0.541. The number of hydrogen-bond donors (Lipinski definition) is 1. The van der Waals surface area contributed by atoms with Gasteiger partial charge < -0.3 is 14.8 Å². The van der Waals surface area contributed by atoms with Gasteiger partial charge in [0.1, 0.15) is 5.75 Å². The van der Waals surface area contributed by atoms with Crippen molar-refractivity contribution in [1.29, 1.82) is 0 Å². The number of para-hydroxylation sites is 2. The number of thiophene rings is 1. The minimum Gasteiger partial charge on any atom is -0.492 e. The van der Waals surface area contributed by atoms with E-state index in [9.17, 15) is 9.59 Å². The first-order valence-corrected chi connectivity index (χ1v) is 8.81. The van der Waals surface area contributed by atoms with Gasteiger partial charge in [0.2, 0.25) is 0 Å². The number of carbonyl (C=O) groups excluding carboxylic acids is 2. The molecule has 126 valence electrons. The molecular weight excluding hydrogens is 394 g/mol. The Labute approximate surface area is 152 Å². The van der Waals surface area contributed by atoms with Crippen LogP contribution in [-0.4, -0.2) is 25.1 Å². The number of nitrogens with one attached hydrogen (secondary N) is 1. The largest absolute Gasteiger partial charge is 0.492 e. The van der Waals surface area contributed by atoms with E-state index in [0.29, 0.717) is 18.0 Å². The topological polar surface area (TPSA) is 64.6 Å². The number of anilines is 1. The second-order valence-electron chi connectivity index (χ2n) is 4.56. The molecule has 0 saturated carbocycles. The lowest BCUT2D eigenvalue weighted by Gasteiger charge is -2.11. The molecule has 0 fully saturated rings. The van der Waals surface area contributed by atoms with Crippen molar-refractivity contribution in [2.45, 2.75) is 6.92 Å². The second kappa shape index (κ2) is 9.24. The number of benzene rings is 1. The van der Waals surface area contributed by atoms with E-state index in [0.717, 1.165) is 8.66 Å². The van der Waals surface area contributed by atoms with Crippen molar-refractivity contribution in [3.05, 3.63) is 51.1 Å². The molecule has 0 saturated heterocycles. The first-order valence-electron chi connectivity index (χ1n) is 7.20. The predicted octanol–water partition coefficient (Wildman–Crippen LogP) is 4.10. The van der Waals surface area contributed by atoms with Crippen molar-refractivity contribution in [2.24, 2.45) is 0 Å². The summed E-state index contributed by atoms with van der Waals surface area (Å²) >= 11 is 4.83. The van der Waals surface area contributed by atoms with Gasteiger partial charge in [0.15, 0.2) is 6.61 Å². The van der Waals surface area contributed by atoms with Crippen LogP contribution in [-0.2, 0) is 14.3 Å². The number of rotatable bonds is 7. The van der Waals surface area contributed by atoms with Crippen LogP contribution >= 0.6 is 27.3 Å². The average Bonchev–Trinajstić information content (AvgIpc) is 2.98. The fourth-order valence-corrected chi connectivity index (χ4v) is 3.12. The number of carbonyl (C=O) groups is 2. The van der Waals surface area contributed by atoms with Crippen LogP contribution in [0.5, 0.6) is 5.75 Å². The number of hydrogen-bond acceptors (Lipinski definition) is 5. The molecule has 0 spiro atoms. The van der Waals surface area contributed by atoms with Gasteiger partial charge in [0, 0.05) is 11.0 Å². The zero-order valence-corrected chi connectivity index (χ0v) is 15.4. The third kappa shape index (κ3) is 5.82. The van der Waals surface area contributed by atoms with E-state index in [1.54, 1.807) is 24.3 Å². The highest BCUT2D eigenvalue weighted by Gasteiger charge is 2.09. The molecular formula is C17H16BrNO4S. The monoisotopic (exact) mass is 409 g/mol. The molecule has 1 aromatic carbocycles. The summed E-state index contributed by atoms with van der Waals surface area (Å²) in [4.78, 5) is 24.4. The van der Waals surface area contributed by atoms with Crippen LogP contribution in [0, 0.1) is 0 Å². The lowest BCUT2D eigenvalue weighted by atomic mass is 10.3. The summed E-state index contributed by atoms with van der Waals surface area (Å²) in [7, 11) is 0. The number of halogens is 1. The molecule has 1 amide bonds. The SMILES string of the molecule is CCOc1ccccc1NC(=O)COC(=O)/C=C/c1ccc(Br)s1. The van der Waals surface area contributed by atoms with E-state index in [1.165, 1.54) is 17.4 Å². The average molecular weight is 410 g/mol. The molecule has 24 heavy (non-hydrogen) atoms. The van der Waals surface area contributed by atoms with Gasteiger partial charge in [0.05, 0.1) is 16.1 Å². The van der Waals surface area contributed by atoms with Gasteiger partial charge in [-0.2, -0.15) is 0 Å². The summed E-state index contributed by atoms with van der Waals surface area (Å²) in [6, 6.07) is 10.8. The van der Waals surface area contributed by atoms with Crippen molar-refractivity contribution in [3.8, 4) is 5.75 Å². The van der Waals surface area contributed by atoms with Gasteiger partial charge in [-0.15, -0.1) is 11.3 Å². The van der Waals surface area contributed by atoms with E-state index in [-0.39, 0.29) is 6.61 Å². The van der Waals surface area contributed by atoms with Crippen molar-refractivity contribution in [3.63, 3.8) is 0 Å².